The lowest BCUT2D eigenvalue weighted by Crippen LogP contribution is -2.02. The summed E-state index contributed by atoms with van der Waals surface area (Å²) in [6, 6.07) is 19.5. The van der Waals surface area contributed by atoms with Crippen molar-refractivity contribution in [1.82, 2.24) is 19.1 Å². The molecule has 4 aromatic heterocycles. The Kier molecular flexibility index (Phi) is 7.85. The summed E-state index contributed by atoms with van der Waals surface area (Å²) < 4.78 is 11.1. The average Bonchev–Trinajstić information content (AvgIpc) is 3.42. The topological polar surface area (TPSA) is 44.9 Å². The number of pyridine rings is 2. The molecule has 0 saturated carbocycles. The van der Waals surface area contributed by atoms with Gasteiger partial charge in [0, 0.05) is 58.6 Å². The molecule has 0 aliphatic heterocycles. The highest BCUT2D eigenvalue weighted by Crippen LogP contribution is 2.33. The van der Waals surface area contributed by atoms with E-state index in [-0.39, 0.29) is 12.4 Å². The second kappa shape index (κ2) is 11.4. The second-order valence-electron chi connectivity index (χ2n) is 9.95. The summed E-state index contributed by atoms with van der Waals surface area (Å²) >= 11 is 0. The van der Waals surface area contributed by atoms with Gasteiger partial charge in [-0.1, -0.05) is 31.5 Å². The Bertz CT molecular complexity index is 1650. The van der Waals surface area contributed by atoms with Gasteiger partial charge >= 0.3 is 0 Å². The van der Waals surface area contributed by atoms with E-state index in [2.05, 4.69) is 87.5 Å². The highest BCUT2D eigenvalue weighted by Gasteiger charge is 2.14. The van der Waals surface area contributed by atoms with Crippen molar-refractivity contribution in [2.45, 2.75) is 59.0 Å². The van der Waals surface area contributed by atoms with E-state index in [0.29, 0.717) is 0 Å². The maximum Gasteiger partial charge on any atom is 0.121 e. The van der Waals surface area contributed by atoms with E-state index in [4.69, 9.17) is 4.74 Å². The summed E-state index contributed by atoms with van der Waals surface area (Å²) in [5.74, 6) is 0.951. The quantitative estimate of drug-likeness (QED) is 0.168. The van der Waals surface area contributed by atoms with Gasteiger partial charge < -0.3 is 13.9 Å². The van der Waals surface area contributed by atoms with E-state index >= 15 is 0 Å². The largest absolute Gasteiger partial charge is 0.494 e. The zero-order valence-corrected chi connectivity index (χ0v) is 23.0. The molecule has 6 rings (SSSR count). The fourth-order valence-corrected chi connectivity index (χ4v) is 5.71. The highest BCUT2D eigenvalue weighted by atomic mass is 35.5. The number of unbranched alkanes of at least 4 members (excludes halogenated alkanes) is 3. The minimum absolute atomic E-state index is 0. The number of aryl methyl sites for hydroxylation is 3. The van der Waals surface area contributed by atoms with Crippen LogP contribution in [-0.2, 0) is 13.1 Å². The summed E-state index contributed by atoms with van der Waals surface area (Å²) in [5, 5.41) is 5.16. The summed E-state index contributed by atoms with van der Waals surface area (Å²) in [6.45, 7) is 7.08. The smallest absolute Gasteiger partial charge is 0.121 e. The van der Waals surface area contributed by atoms with Gasteiger partial charge in [-0.15, -0.1) is 12.4 Å². The molecule has 4 heterocycles. The molecule has 6 aromatic rings. The summed E-state index contributed by atoms with van der Waals surface area (Å²) in [6.07, 6.45) is 11.4. The van der Waals surface area contributed by atoms with Gasteiger partial charge in [0.2, 0.25) is 0 Å². The van der Waals surface area contributed by atoms with Gasteiger partial charge in [0.25, 0.3) is 0 Å². The molecule has 0 radical (unpaired) electrons. The number of para-hydroxylation sites is 1. The maximum atomic E-state index is 6.23. The van der Waals surface area contributed by atoms with Crippen LogP contribution in [0.3, 0.4) is 0 Å². The van der Waals surface area contributed by atoms with E-state index in [1.54, 1.807) is 0 Å². The molecular formula is C32H35ClN4O. The Morgan fingerprint density at radius 2 is 1.53 bits per heavy atom. The van der Waals surface area contributed by atoms with Crippen LogP contribution in [0.1, 0.15) is 44.7 Å². The third kappa shape index (κ3) is 4.71. The molecule has 0 N–H and O–H groups in total. The van der Waals surface area contributed by atoms with Crippen LogP contribution in [0, 0.1) is 6.92 Å². The number of ether oxygens (including phenoxy) is 1. The number of aromatic nitrogens is 4. The van der Waals surface area contributed by atoms with Crippen molar-refractivity contribution in [2.75, 3.05) is 6.61 Å². The minimum atomic E-state index is 0. The van der Waals surface area contributed by atoms with E-state index in [1.807, 2.05) is 18.6 Å². The second-order valence-corrected chi connectivity index (χ2v) is 9.95. The van der Waals surface area contributed by atoms with Crippen LogP contribution >= 0.6 is 12.4 Å². The first-order chi connectivity index (χ1) is 18.3. The molecular weight excluding hydrogens is 492 g/mol. The molecule has 0 amide bonds. The molecule has 0 aliphatic carbocycles. The number of rotatable bonds is 10. The molecule has 0 spiro atoms. The monoisotopic (exact) mass is 526 g/mol. The Labute approximate surface area is 229 Å². The van der Waals surface area contributed by atoms with Gasteiger partial charge in [0.15, 0.2) is 0 Å². The lowest BCUT2D eigenvalue weighted by Gasteiger charge is -2.10. The van der Waals surface area contributed by atoms with Gasteiger partial charge in [0.1, 0.15) is 5.75 Å². The highest BCUT2D eigenvalue weighted by molar-refractivity contribution is 6.09. The van der Waals surface area contributed by atoms with Crippen LogP contribution in [-0.4, -0.2) is 25.7 Å². The van der Waals surface area contributed by atoms with Crippen molar-refractivity contribution in [3.63, 3.8) is 0 Å². The van der Waals surface area contributed by atoms with E-state index in [9.17, 15) is 0 Å². The van der Waals surface area contributed by atoms with Crippen LogP contribution < -0.4 is 4.74 Å². The van der Waals surface area contributed by atoms with Crippen LogP contribution in [0.4, 0.5) is 0 Å². The molecule has 0 atom stereocenters. The molecule has 0 saturated heterocycles. The Hall–Kier alpha value is -3.57. The SMILES string of the molecule is CCCCn1c2cc(OCCCCCn3c4ccccc4c4ccncc43)ccc2c2ccnc(C)c21.Cl. The molecule has 38 heavy (non-hydrogen) atoms. The number of hydrogen-bond acceptors (Lipinski definition) is 3. The molecule has 2 aromatic carbocycles. The van der Waals surface area contributed by atoms with Gasteiger partial charge in [-0.25, -0.2) is 0 Å². The molecule has 0 fully saturated rings. The van der Waals surface area contributed by atoms with E-state index < -0.39 is 0 Å². The van der Waals surface area contributed by atoms with Gasteiger partial charge in [-0.2, -0.15) is 0 Å². The van der Waals surface area contributed by atoms with E-state index in [0.717, 1.165) is 56.8 Å². The summed E-state index contributed by atoms with van der Waals surface area (Å²) in [7, 11) is 0. The third-order valence-corrected chi connectivity index (χ3v) is 7.53. The molecule has 0 bridgehead atoms. The van der Waals surface area contributed by atoms with Gasteiger partial charge in [0.05, 0.1) is 35.0 Å². The first-order valence-electron chi connectivity index (χ1n) is 13.6. The molecule has 0 aliphatic rings. The van der Waals surface area contributed by atoms with Crippen molar-refractivity contribution >= 4 is 56.0 Å². The van der Waals surface area contributed by atoms with Crippen molar-refractivity contribution in [1.29, 1.82) is 0 Å². The molecule has 6 heteroatoms. The average molecular weight is 527 g/mol. The Balaban J connectivity index is 0.00000294. The predicted octanol–water partition coefficient (Wildman–Crippen LogP) is 8.47. The normalized spacial score (nSPS) is 11.5. The number of nitrogens with zero attached hydrogens (tertiary/aromatic N) is 4. The number of hydrogen-bond donors (Lipinski definition) is 0. The number of benzene rings is 2. The minimum Gasteiger partial charge on any atom is -0.494 e. The van der Waals surface area contributed by atoms with Crippen LogP contribution in [0.25, 0.3) is 43.6 Å². The fourth-order valence-electron chi connectivity index (χ4n) is 5.71. The van der Waals surface area contributed by atoms with Crippen molar-refractivity contribution in [3.05, 3.63) is 78.9 Å². The Morgan fingerprint density at radius 3 is 2.42 bits per heavy atom. The predicted molar refractivity (Wildman–Crippen MR) is 161 cm³/mol. The van der Waals surface area contributed by atoms with Gasteiger partial charge in [-0.3, -0.25) is 9.97 Å². The maximum absolute atomic E-state index is 6.23. The van der Waals surface area contributed by atoms with Gasteiger partial charge in [-0.05, 0) is 62.9 Å². The summed E-state index contributed by atoms with van der Waals surface area (Å²) in [4.78, 5) is 8.94. The third-order valence-electron chi connectivity index (χ3n) is 7.53. The first kappa shape index (κ1) is 26.1. The van der Waals surface area contributed by atoms with Crippen molar-refractivity contribution < 1.29 is 4.74 Å². The van der Waals surface area contributed by atoms with Crippen LogP contribution in [0.2, 0.25) is 0 Å². The standard InChI is InChI=1S/C32H34N4O.ClH/c1-3-4-18-36-30-21-24(12-13-26(30)28-15-17-34-23(2)32(28)36)37-20-9-5-8-19-35-29-11-7-6-10-25(29)27-14-16-33-22-31(27)35;/h6-7,10-17,21-22H,3-5,8-9,18-20H2,1-2H3;1H. The van der Waals surface area contributed by atoms with Crippen LogP contribution in [0.15, 0.2) is 73.2 Å². The van der Waals surface area contributed by atoms with Crippen molar-refractivity contribution in [2.24, 2.45) is 0 Å². The lowest BCUT2D eigenvalue weighted by atomic mass is 10.1. The fraction of sp³-hybridized carbons (Fsp3) is 0.312. The summed E-state index contributed by atoms with van der Waals surface area (Å²) in [5.41, 5.74) is 6.10. The van der Waals surface area contributed by atoms with Crippen molar-refractivity contribution in [3.8, 4) is 5.75 Å². The first-order valence-corrected chi connectivity index (χ1v) is 13.6. The lowest BCUT2D eigenvalue weighted by molar-refractivity contribution is 0.304. The number of halogens is 1. The number of fused-ring (bicyclic) bond motifs is 6. The zero-order valence-electron chi connectivity index (χ0n) is 22.2. The molecule has 196 valence electrons. The Morgan fingerprint density at radius 1 is 0.737 bits per heavy atom. The van der Waals surface area contributed by atoms with Crippen LogP contribution in [0.5, 0.6) is 5.75 Å². The zero-order chi connectivity index (χ0) is 25.2. The molecule has 5 nitrogen and oxygen atoms in total. The van der Waals surface area contributed by atoms with E-state index in [1.165, 1.54) is 50.0 Å². The molecule has 0 unspecified atom stereocenters.